The number of allylic oxidation sites excluding steroid dienone is 14. The highest BCUT2D eigenvalue weighted by Gasteiger charge is 2.28. The largest absolute Gasteiger partial charge is 0.472 e. The van der Waals surface area contributed by atoms with Crippen LogP contribution >= 0.6 is 7.82 Å². The number of hydrogen-bond donors (Lipinski definition) is 3. The highest BCUT2D eigenvalue weighted by molar-refractivity contribution is 7.47. The number of rotatable bonds is 43. The molecule has 1 amide bonds. The van der Waals surface area contributed by atoms with Crippen molar-refractivity contribution in [2.24, 2.45) is 0 Å². The zero-order valence-electron chi connectivity index (χ0n) is 39.9. The molecule has 0 bridgehead atoms. The minimum atomic E-state index is -4.34. The van der Waals surface area contributed by atoms with Gasteiger partial charge in [-0.1, -0.05) is 202 Å². The van der Waals surface area contributed by atoms with Gasteiger partial charge in [-0.3, -0.25) is 13.8 Å². The Morgan fingerprint density at radius 1 is 0.574 bits per heavy atom. The van der Waals surface area contributed by atoms with Crippen LogP contribution in [0.25, 0.3) is 0 Å². The molecule has 0 aliphatic carbocycles. The van der Waals surface area contributed by atoms with Crippen LogP contribution in [0.1, 0.15) is 187 Å². The number of carbonyl (C=O) groups is 1. The van der Waals surface area contributed by atoms with Gasteiger partial charge in [-0.15, -0.1) is 0 Å². The maximum Gasteiger partial charge on any atom is 0.472 e. The van der Waals surface area contributed by atoms with Crippen LogP contribution < -0.4 is 5.32 Å². The first-order chi connectivity index (χ1) is 29.5. The Morgan fingerprint density at radius 3 is 1.38 bits per heavy atom. The van der Waals surface area contributed by atoms with Crippen LogP contribution in [0.2, 0.25) is 0 Å². The number of nitrogens with zero attached hydrogens (tertiary/aromatic N) is 1. The number of likely N-dealkylation sites (N-methyl/N-ethyl adjacent to an activating group) is 1. The van der Waals surface area contributed by atoms with Gasteiger partial charge in [-0.25, -0.2) is 4.57 Å². The Labute approximate surface area is 376 Å². The Bertz CT molecular complexity index is 1260. The third-order valence-electron chi connectivity index (χ3n) is 10.4. The highest BCUT2D eigenvalue weighted by atomic mass is 31.2. The summed E-state index contributed by atoms with van der Waals surface area (Å²) in [6.45, 7) is 4.72. The van der Waals surface area contributed by atoms with Crippen molar-refractivity contribution in [2.75, 3.05) is 40.9 Å². The second-order valence-corrected chi connectivity index (χ2v) is 18.9. The van der Waals surface area contributed by atoms with E-state index in [1.54, 1.807) is 0 Å². The zero-order chi connectivity index (χ0) is 45.0. The average Bonchev–Trinajstić information content (AvgIpc) is 3.21. The summed E-state index contributed by atoms with van der Waals surface area (Å²) in [5, 5.41) is 14.0. The minimum Gasteiger partial charge on any atom is -0.391 e. The van der Waals surface area contributed by atoms with E-state index in [9.17, 15) is 19.4 Å². The maximum absolute atomic E-state index is 12.9. The van der Waals surface area contributed by atoms with E-state index >= 15 is 0 Å². The maximum atomic E-state index is 12.9. The number of phosphoric acid groups is 1. The molecule has 0 rings (SSSR count). The van der Waals surface area contributed by atoms with Crippen molar-refractivity contribution in [3.05, 3.63) is 85.1 Å². The van der Waals surface area contributed by atoms with Gasteiger partial charge in [0.05, 0.1) is 39.9 Å². The van der Waals surface area contributed by atoms with Gasteiger partial charge in [0, 0.05) is 6.42 Å². The molecule has 61 heavy (non-hydrogen) atoms. The van der Waals surface area contributed by atoms with Crippen molar-refractivity contribution in [2.45, 2.75) is 199 Å². The Balaban J connectivity index is 4.44. The Hall–Kier alpha value is -2.32. The molecule has 0 aromatic rings. The van der Waals surface area contributed by atoms with Gasteiger partial charge < -0.3 is 19.8 Å². The number of phosphoric ester groups is 1. The van der Waals surface area contributed by atoms with Crippen LogP contribution in [0.5, 0.6) is 0 Å². The number of carbonyl (C=O) groups excluding carboxylic acids is 1. The van der Waals surface area contributed by atoms with Crippen molar-refractivity contribution in [1.82, 2.24) is 5.32 Å². The first kappa shape index (κ1) is 58.7. The molecule has 0 saturated heterocycles. The summed E-state index contributed by atoms with van der Waals surface area (Å²) in [4.78, 5) is 23.2. The molecule has 8 nitrogen and oxygen atoms in total. The van der Waals surface area contributed by atoms with Gasteiger partial charge >= 0.3 is 7.82 Å². The molecule has 0 aromatic heterocycles. The van der Waals surface area contributed by atoms with Crippen LogP contribution in [0.15, 0.2) is 85.1 Å². The molecule has 3 unspecified atom stereocenters. The van der Waals surface area contributed by atoms with E-state index in [2.05, 4.69) is 104 Å². The number of nitrogens with one attached hydrogen (secondary N) is 1. The second kappa shape index (κ2) is 43.0. The van der Waals surface area contributed by atoms with Crippen molar-refractivity contribution in [3.63, 3.8) is 0 Å². The van der Waals surface area contributed by atoms with Crippen molar-refractivity contribution in [3.8, 4) is 0 Å². The lowest BCUT2D eigenvalue weighted by Crippen LogP contribution is -2.46. The minimum absolute atomic E-state index is 0.0592. The number of aliphatic hydroxyl groups excluding tert-OH is 1. The van der Waals surface area contributed by atoms with E-state index in [0.717, 1.165) is 70.6 Å². The van der Waals surface area contributed by atoms with E-state index in [0.29, 0.717) is 30.3 Å². The Kier molecular flexibility index (Phi) is 41.3. The predicted molar refractivity (Wildman–Crippen MR) is 263 cm³/mol. The lowest BCUT2D eigenvalue weighted by atomic mass is 10.0. The fraction of sp³-hybridized carbons (Fsp3) is 0.712. The number of quaternary nitrogens is 1. The lowest BCUT2D eigenvalue weighted by Gasteiger charge is -2.26. The van der Waals surface area contributed by atoms with Crippen LogP contribution in [-0.2, 0) is 18.4 Å². The fourth-order valence-electron chi connectivity index (χ4n) is 6.56. The summed E-state index contributed by atoms with van der Waals surface area (Å²) in [6.07, 6.45) is 59.1. The molecule has 0 spiro atoms. The van der Waals surface area contributed by atoms with E-state index in [4.69, 9.17) is 9.05 Å². The quantitative estimate of drug-likeness (QED) is 0.0244. The van der Waals surface area contributed by atoms with Crippen molar-refractivity contribution < 1.29 is 32.9 Å². The molecular formula is C52H94N2O6P+. The number of aliphatic hydroxyl groups is 1. The monoisotopic (exact) mass is 874 g/mol. The van der Waals surface area contributed by atoms with Gasteiger partial charge in [0.1, 0.15) is 13.2 Å². The predicted octanol–water partition coefficient (Wildman–Crippen LogP) is 14.1. The Morgan fingerprint density at radius 2 is 0.967 bits per heavy atom. The van der Waals surface area contributed by atoms with E-state index in [1.165, 1.54) is 83.5 Å². The van der Waals surface area contributed by atoms with Crippen LogP contribution in [0.4, 0.5) is 0 Å². The molecule has 352 valence electrons. The van der Waals surface area contributed by atoms with Gasteiger partial charge in [0.15, 0.2) is 0 Å². The summed E-state index contributed by atoms with van der Waals surface area (Å²) in [5.74, 6) is -0.205. The van der Waals surface area contributed by atoms with Gasteiger partial charge in [0.2, 0.25) is 5.91 Å². The third-order valence-corrected chi connectivity index (χ3v) is 11.4. The molecular weight excluding hydrogens is 780 g/mol. The van der Waals surface area contributed by atoms with Gasteiger partial charge in [-0.05, 0) is 64.2 Å². The summed E-state index contributed by atoms with van der Waals surface area (Å²) >= 11 is 0. The van der Waals surface area contributed by atoms with Crippen molar-refractivity contribution in [1.29, 1.82) is 0 Å². The topological polar surface area (TPSA) is 105 Å². The molecule has 3 N–H and O–H groups in total. The molecule has 0 aliphatic rings. The first-order valence-electron chi connectivity index (χ1n) is 24.5. The first-order valence-corrected chi connectivity index (χ1v) is 25.9. The molecule has 0 aliphatic heterocycles. The molecule has 9 heteroatoms. The summed E-state index contributed by atoms with van der Waals surface area (Å²) in [5.41, 5.74) is 0. The average molecular weight is 874 g/mol. The van der Waals surface area contributed by atoms with Crippen LogP contribution in [0, 0.1) is 0 Å². The standard InChI is InChI=1S/C52H93N2O6P/c1-6-8-10-12-14-16-18-20-22-24-25-26-27-28-29-30-32-34-36-38-40-42-44-46-52(56)53-50(49-60-61(57,58)59-48-47-54(3,4)5)51(55)45-43-41-39-37-35-33-31-23-21-19-17-15-13-11-9-7-2/h8,10,14,16,20,22,25-26,28-29,32,34,38,40,50-51,55H,6-7,9,11-13,15,17-19,21,23-24,27,30-31,33,35-37,39,41-49H2,1-5H3,(H-,53,56,57,58)/p+1/b10-8-,16-14-,22-20-,26-25-,29-28-,34-32-,40-38-. The van der Waals surface area contributed by atoms with Gasteiger partial charge in [-0.2, -0.15) is 0 Å². The molecule has 0 aromatic carbocycles. The van der Waals surface area contributed by atoms with Crippen LogP contribution in [-0.4, -0.2) is 73.4 Å². The molecule has 3 atom stereocenters. The summed E-state index contributed by atoms with van der Waals surface area (Å²) < 4.78 is 23.6. The normalized spacial score (nSPS) is 14.9. The zero-order valence-corrected chi connectivity index (χ0v) is 40.8. The smallest absolute Gasteiger partial charge is 0.391 e. The molecule has 0 fully saturated rings. The molecule has 0 heterocycles. The van der Waals surface area contributed by atoms with Crippen molar-refractivity contribution >= 4 is 13.7 Å². The highest BCUT2D eigenvalue weighted by Crippen LogP contribution is 2.43. The second-order valence-electron chi connectivity index (χ2n) is 17.5. The fourth-order valence-corrected chi connectivity index (χ4v) is 7.30. The van der Waals surface area contributed by atoms with Crippen LogP contribution in [0.3, 0.4) is 0 Å². The van der Waals surface area contributed by atoms with E-state index in [-0.39, 0.29) is 19.1 Å². The van der Waals surface area contributed by atoms with Gasteiger partial charge in [0.25, 0.3) is 0 Å². The van der Waals surface area contributed by atoms with E-state index < -0.39 is 20.0 Å². The SMILES string of the molecule is CC/C=C\C/C=C\C/C=C\C/C=C\C/C=C\C/C=C\C/C=C\CCCC(=O)NC(COP(=O)(O)OCC[N+](C)(C)C)C(O)CCCCCCCCCCCCCCCCCC. The number of amides is 1. The molecule has 0 saturated carbocycles. The number of unbranched alkanes of at least 4 members (excludes halogenated alkanes) is 16. The molecule has 0 radical (unpaired) electrons. The number of hydrogen-bond acceptors (Lipinski definition) is 5. The lowest BCUT2D eigenvalue weighted by molar-refractivity contribution is -0.870. The summed E-state index contributed by atoms with van der Waals surface area (Å²) in [7, 11) is 1.57. The summed E-state index contributed by atoms with van der Waals surface area (Å²) in [6, 6.07) is -0.796. The van der Waals surface area contributed by atoms with E-state index in [1.807, 2.05) is 21.1 Å². The third kappa shape index (κ3) is 45.5.